The van der Waals surface area contributed by atoms with E-state index >= 15 is 0 Å². The number of rotatable bonds is 6. The minimum absolute atomic E-state index is 0.0118. The first-order valence-corrected chi connectivity index (χ1v) is 7.43. The number of hydrogen-bond donors (Lipinski definition) is 0. The Morgan fingerprint density at radius 1 is 1.37 bits per heavy atom. The summed E-state index contributed by atoms with van der Waals surface area (Å²) in [5.41, 5.74) is 0.565. The monoisotopic (exact) mass is 327 g/mol. The van der Waals surface area contributed by atoms with Gasteiger partial charge in [-0.1, -0.05) is 22.0 Å². The number of para-hydroxylation sites is 1. The first kappa shape index (κ1) is 14.2. The molecule has 1 aliphatic carbocycles. The first-order valence-electron chi connectivity index (χ1n) is 6.30. The lowest BCUT2D eigenvalue weighted by atomic mass is 10.1. The van der Waals surface area contributed by atoms with Gasteiger partial charge in [0, 0.05) is 17.9 Å². The second kappa shape index (κ2) is 6.28. The summed E-state index contributed by atoms with van der Waals surface area (Å²) < 4.78 is 10.6. The van der Waals surface area contributed by atoms with Crippen LogP contribution in [0.1, 0.15) is 23.2 Å². The summed E-state index contributed by atoms with van der Waals surface area (Å²) in [6, 6.07) is 5.77. The van der Waals surface area contributed by atoms with Crippen LogP contribution in [0.4, 0.5) is 0 Å². The second-order valence-electron chi connectivity index (χ2n) is 4.46. The summed E-state index contributed by atoms with van der Waals surface area (Å²) in [6.45, 7) is 0.712. The zero-order valence-corrected chi connectivity index (χ0v) is 12.8. The van der Waals surface area contributed by atoms with Crippen LogP contribution in [0.5, 0.6) is 11.5 Å². The van der Waals surface area contributed by atoms with Crippen molar-refractivity contribution in [1.29, 1.82) is 0 Å². The number of methoxy groups -OCH3 is 2. The van der Waals surface area contributed by atoms with Gasteiger partial charge in [-0.05, 0) is 25.0 Å². The molecule has 0 unspecified atom stereocenters. The molecule has 1 amide bonds. The molecule has 104 valence electrons. The van der Waals surface area contributed by atoms with E-state index in [2.05, 4.69) is 15.9 Å². The highest BCUT2D eigenvalue weighted by atomic mass is 79.9. The maximum Gasteiger partial charge on any atom is 0.258 e. The third-order valence-corrected chi connectivity index (χ3v) is 3.56. The second-order valence-corrected chi connectivity index (χ2v) is 5.25. The van der Waals surface area contributed by atoms with Crippen molar-refractivity contribution in [3.63, 3.8) is 0 Å². The number of nitrogens with zero attached hydrogens (tertiary/aromatic N) is 1. The SMILES string of the molecule is COc1cccc(C(=O)N(CCBr)C2CC2)c1OC. The van der Waals surface area contributed by atoms with Crippen LogP contribution in [-0.4, -0.2) is 42.9 Å². The molecule has 1 aromatic carbocycles. The van der Waals surface area contributed by atoms with E-state index in [9.17, 15) is 4.79 Å². The van der Waals surface area contributed by atoms with Crippen molar-refractivity contribution in [3.8, 4) is 11.5 Å². The van der Waals surface area contributed by atoms with Gasteiger partial charge in [0.15, 0.2) is 11.5 Å². The lowest BCUT2D eigenvalue weighted by Gasteiger charge is -2.23. The van der Waals surface area contributed by atoms with E-state index in [1.165, 1.54) is 0 Å². The molecular weight excluding hydrogens is 310 g/mol. The molecule has 0 atom stereocenters. The van der Waals surface area contributed by atoms with Gasteiger partial charge in [0.05, 0.1) is 19.8 Å². The molecular formula is C14H18BrNO3. The Bertz CT molecular complexity index is 460. The summed E-state index contributed by atoms with van der Waals surface area (Å²) in [4.78, 5) is 14.5. The number of halogens is 1. The van der Waals surface area contributed by atoms with Gasteiger partial charge in [0.25, 0.3) is 5.91 Å². The molecule has 0 spiro atoms. The van der Waals surface area contributed by atoms with E-state index in [-0.39, 0.29) is 5.91 Å². The molecule has 4 nitrogen and oxygen atoms in total. The molecule has 19 heavy (non-hydrogen) atoms. The third kappa shape index (κ3) is 3.03. The lowest BCUT2D eigenvalue weighted by Crippen LogP contribution is -2.34. The molecule has 2 rings (SSSR count). The van der Waals surface area contributed by atoms with Gasteiger partial charge >= 0.3 is 0 Å². The first-order chi connectivity index (χ1) is 9.22. The van der Waals surface area contributed by atoms with Crippen molar-refractivity contribution in [2.24, 2.45) is 0 Å². The summed E-state index contributed by atoms with van der Waals surface area (Å²) in [5.74, 6) is 1.11. The lowest BCUT2D eigenvalue weighted by molar-refractivity contribution is 0.0750. The highest BCUT2D eigenvalue weighted by molar-refractivity contribution is 9.09. The van der Waals surface area contributed by atoms with E-state index in [0.29, 0.717) is 29.6 Å². The van der Waals surface area contributed by atoms with Gasteiger partial charge in [-0.3, -0.25) is 4.79 Å². The van der Waals surface area contributed by atoms with Crippen molar-refractivity contribution < 1.29 is 14.3 Å². The van der Waals surface area contributed by atoms with E-state index in [4.69, 9.17) is 9.47 Å². The Hall–Kier alpha value is -1.23. The quantitative estimate of drug-likeness (QED) is 0.754. The Morgan fingerprint density at radius 3 is 2.63 bits per heavy atom. The van der Waals surface area contributed by atoms with Crippen molar-refractivity contribution in [2.45, 2.75) is 18.9 Å². The zero-order chi connectivity index (χ0) is 13.8. The Balaban J connectivity index is 2.31. The fourth-order valence-electron chi connectivity index (χ4n) is 2.14. The molecule has 0 saturated heterocycles. The Morgan fingerprint density at radius 2 is 2.11 bits per heavy atom. The van der Waals surface area contributed by atoms with E-state index in [0.717, 1.165) is 18.2 Å². The topological polar surface area (TPSA) is 38.8 Å². The molecule has 1 aliphatic rings. The molecule has 0 heterocycles. The van der Waals surface area contributed by atoms with Crippen LogP contribution in [0.15, 0.2) is 18.2 Å². The summed E-state index contributed by atoms with van der Waals surface area (Å²) in [7, 11) is 3.13. The normalized spacial score (nSPS) is 14.1. The van der Waals surface area contributed by atoms with Crippen molar-refractivity contribution in [2.75, 3.05) is 26.1 Å². The predicted octanol–water partition coefficient (Wildman–Crippen LogP) is 2.70. The smallest absolute Gasteiger partial charge is 0.258 e. The highest BCUT2D eigenvalue weighted by Gasteiger charge is 2.34. The van der Waals surface area contributed by atoms with Gasteiger partial charge in [-0.25, -0.2) is 0 Å². The maximum absolute atomic E-state index is 12.6. The minimum Gasteiger partial charge on any atom is -0.493 e. The fraction of sp³-hybridized carbons (Fsp3) is 0.500. The van der Waals surface area contributed by atoms with E-state index < -0.39 is 0 Å². The number of benzene rings is 1. The molecule has 0 aromatic heterocycles. The van der Waals surface area contributed by atoms with Gasteiger partial charge < -0.3 is 14.4 Å². The van der Waals surface area contributed by atoms with Crippen LogP contribution in [-0.2, 0) is 0 Å². The number of carbonyl (C=O) groups is 1. The van der Waals surface area contributed by atoms with Gasteiger partial charge in [-0.2, -0.15) is 0 Å². The summed E-state index contributed by atoms with van der Waals surface area (Å²) >= 11 is 3.40. The standard InChI is InChI=1S/C14H18BrNO3/c1-18-12-5-3-4-11(13(12)19-2)14(17)16(9-8-15)10-6-7-10/h3-5,10H,6-9H2,1-2H3. The van der Waals surface area contributed by atoms with E-state index in [1.54, 1.807) is 26.4 Å². The molecule has 0 N–H and O–H groups in total. The number of hydrogen-bond acceptors (Lipinski definition) is 3. The van der Waals surface area contributed by atoms with Gasteiger partial charge in [0.1, 0.15) is 0 Å². The Labute approximate surface area is 121 Å². The molecule has 1 fully saturated rings. The maximum atomic E-state index is 12.6. The summed E-state index contributed by atoms with van der Waals surface area (Å²) in [6.07, 6.45) is 2.18. The van der Waals surface area contributed by atoms with Crippen LogP contribution < -0.4 is 9.47 Å². The van der Waals surface area contributed by atoms with Crippen molar-refractivity contribution in [3.05, 3.63) is 23.8 Å². The van der Waals surface area contributed by atoms with Crippen LogP contribution >= 0.6 is 15.9 Å². The zero-order valence-electron chi connectivity index (χ0n) is 11.2. The minimum atomic E-state index is 0.0118. The molecule has 1 aromatic rings. The number of amides is 1. The van der Waals surface area contributed by atoms with Crippen LogP contribution in [0.25, 0.3) is 0 Å². The molecule has 0 radical (unpaired) electrons. The molecule has 0 aliphatic heterocycles. The van der Waals surface area contributed by atoms with Gasteiger partial charge in [0.2, 0.25) is 0 Å². The highest BCUT2D eigenvalue weighted by Crippen LogP contribution is 2.34. The number of ether oxygens (including phenoxy) is 2. The molecule has 5 heteroatoms. The van der Waals surface area contributed by atoms with Crippen LogP contribution in [0.2, 0.25) is 0 Å². The van der Waals surface area contributed by atoms with Crippen LogP contribution in [0, 0.1) is 0 Å². The summed E-state index contributed by atoms with van der Waals surface area (Å²) in [5, 5.41) is 0.779. The molecule has 1 saturated carbocycles. The largest absolute Gasteiger partial charge is 0.493 e. The third-order valence-electron chi connectivity index (χ3n) is 3.21. The van der Waals surface area contributed by atoms with Crippen molar-refractivity contribution in [1.82, 2.24) is 4.90 Å². The Kier molecular flexibility index (Phi) is 4.69. The molecule has 0 bridgehead atoms. The van der Waals surface area contributed by atoms with Crippen LogP contribution in [0.3, 0.4) is 0 Å². The average molecular weight is 328 g/mol. The van der Waals surface area contributed by atoms with Crippen molar-refractivity contribution >= 4 is 21.8 Å². The van der Waals surface area contributed by atoms with Gasteiger partial charge in [-0.15, -0.1) is 0 Å². The fourth-order valence-corrected chi connectivity index (χ4v) is 2.52. The average Bonchev–Trinajstić information content (AvgIpc) is 3.27. The predicted molar refractivity (Wildman–Crippen MR) is 77.4 cm³/mol. The number of carbonyl (C=O) groups excluding carboxylic acids is 1. The van der Waals surface area contributed by atoms with E-state index in [1.807, 2.05) is 11.0 Å². The number of alkyl halides is 1.